The monoisotopic (exact) mass is 391 g/mol. The largest absolute Gasteiger partial charge is 0.335 e. The van der Waals surface area contributed by atoms with Crippen molar-refractivity contribution >= 4 is 28.1 Å². The fourth-order valence-corrected chi connectivity index (χ4v) is 5.62. The highest BCUT2D eigenvalue weighted by Crippen LogP contribution is 2.30. The number of piperazine rings is 1. The van der Waals surface area contributed by atoms with Crippen molar-refractivity contribution in [2.24, 2.45) is 0 Å². The Labute approximate surface area is 169 Å². The first-order valence-electron chi connectivity index (χ1n) is 10.2. The maximum Gasteiger partial charge on any atom is 0.264 e. The average Bonchev–Trinajstić information content (AvgIpc) is 3.18. The summed E-state index contributed by atoms with van der Waals surface area (Å²) in [6.07, 6.45) is 6.69. The van der Waals surface area contributed by atoms with Crippen molar-refractivity contribution in [2.45, 2.75) is 32.2 Å². The number of para-hydroxylation sites is 1. The fourth-order valence-electron chi connectivity index (χ4n) is 4.40. The van der Waals surface area contributed by atoms with Crippen LogP contribution in [0.15, 0.2) is 42.6 Å². The van der Waals surface area contributed by atoms with Gasteiger partial charge in [-0.2, -0.15) is 0 Å². The summed E-state index contributed by atoms with van der Waals surface area (Å²) in [5.41, 5.74) is 3.78. The van der Waals surface area contributed by atoms with Crippen LogP contribution in [0.3, 0.4) is 0 Å². The molecule has 5 rings (SSSR count). The molecule has 144 valence electrons. The molecule has 1 aliphatic heterocycles. The van der Waals surface area contributed by atoms with Gasteiger partial charge >= 0.3 is 0 Å². The molecule has 4 nitrogen and oxygen atoms in total. The summed E-state index contributed by atoms with van der Waals surface area (Å²) >= 11 is 1.73. The summed E-state index contributed by atoms with van der Waals surface area (Å²) in [4.78, 5) is 24.4. The molecule has 2 aliphatic rings. The Kier molecular flexibility index (Phi) is 4.87. The summed E-state index contributed by atoms with van der Waals surface area (Å²) in [6, 6.07) is 12.7. The number of carbonyl (C=O) groups is 1. The van der Waals surface area contributed by atoms with Crippen LogP contribution in [0.2, 0.25) is 0 Å². The van der Waals surface area contributed by atoms with Crippen LogP contribution in [0.25, 0.3) is 10.9 Å². The number of aryl methyl sites for hydroxylation is 2. The molecular formula is C23H25N3OS. The molecule has 1 aliphatic carbocycles. The Balaban J connectivity index is 1.24. The minimum atomic E-state index is 0.228. The van der Waals surface area contributed by atoms with Crippen molar-refractivity contribution in [2.75, 3.05) is 26.2 Å². The van der Waals surface area contributed by atoms with Crippen LogP contribution in [0.4, 0.5) is 0 Å². The molecule has 0 atom stereocenters. The fraction of sp³-hybridized carbons (Fsp3) is 0.391. The van der Waals surface area contributed by atoms with Crippen LogP contribution in [0.5, 0.6) is 0 Å². The second-order valence-electron chi connectivity index (χ2n) is 7.83. The second kappa shape index (κ2) is 7.64. The van der Waals surface area contributed by atoms with Gasteiger partial charge < -0.3 is 4.90 Å². The standard InChI is InChI=1S/C23H25N3OS/c27-23(21-15-18-5-1-2-9-20(18)28-21)26-13-11-25(12-14-26)16-19-7-3-6-17-8-4-10-24-22(17)19/h3-4,6-8,10,15H,1-2,5,9,11-14,16H2. The van der Waals surface area contributed by atoms with Gasteiger partial charge in [0.25, 0.3) is 5.91 Å². The van der Waals surface area contributed by atoms with Gasteiger partial charge in [-0.25, -0.2) is 0 Å². The second-order valence-corrected chi connectivity index (χ2v) is 8.96. The molecule has 1 amide bonds. The van der Waals surface area contributed by atoms with E-state index in [4.69, 9.17) is 0 Å². The third kappa shape index (κ3) is 3.45. The maximum atomic E-state index is 13.0. The van der Waals surface area contributed by atoms with Crippen LogP contribution in [0, 0.1) is 0 Å². The minimum Gasteiger partial charge on any atom is -0.335 e. The van der Waals surface area contributed by atoms with Crippen molar-refractivity contribution in [3.05, 3.63) is 63.5 Å². The van der Waals surface area contributed by atoms with Gasteiger partial charge in [-0.1, -0.05) is 24.3 Å². The van der Waals surface area contributed by atoms with Gasteiger partial charge in [0.15, 0.2) is 0 Å². The molecule has 3 heterocycles. The highest BCUT2D eigenvalue weighted by atomic mass is 32.1. The first kappa shape index (κ1) is 17.8. The molecule has 0 bridgehead atoms. The topological polar surface area (TPSA) is 36.4 Å². The third-order valence-electron chi connectivity index (χ3n) is 5.98. The quantitative estimate of drug-likeness (QED) is 0.673. The van der Waals surface area contributed by atoms with Gasteiger partial charge in [-0.05, 0) is 48.9 Å². The summed E-state index contributed by atoms with van der Waals surface area (Å²) in [5, 5.41) is 1.19. The number of nitrogens with zero attached hydrogens (tertiary/aromatic N) is 3. The summed E-state index contributed by atoms with van der Waals surface area (Å²) in [6.45, 7) is 4.34. The summed E-state index contributed by atoms with van der Waals surface area (Å²) < 4.78 is 0. The van der Waals surface area contributed by atoms with E-state index in [1.807, 2.05) is 17.2 Å². The van der Waals surface area contributed by atoms with E-state index in [-0.39, 0.29) is 5.91 Å². The van der Waals surface area contributed by atoms with Crippen LogP contribution in [0.1, 0.15) is 38.5 Å². The normalized spacial score (nSPS) is 17.6. The number of pyridine rings is 1. The number of hydrogen-bond acceptors (Lipinski definition) is 4. The van der Waals surface area contributed by atoms with Crippen molar-refractivity contribution in [1.82, 2.24) is 14.8 Å². The van der Waals surface area contributed by atoms with E-state index in [0.717, 1.165) is 56.0 Å². The van der Waals surface area contributed by atoms with Crippen LogP contribution in [-0.4, -0.2) is 46.9 Å². The third-order valence-corrected chi connectivity index (χ3v) is 7.20. The number of benzene rings is 1. The van der Waals surface area contributed by atoms with Gasteiger partial charge in [0.05, 0.1) is 10.4 Å². The lowest BCUT2D eigenvalue weighted by molar-refractivity contribution is 0.0633. The number of hydrogen-bond donors (Lipinski definition) is 0. The van der Waals surface area contributed by atoms with Gasteiger partial charge in [0.2, 0.25) is 0 Å². The Hall–Kier alpha value is -2.24. The van der Waals surface area contributed by atoms with E-state index >= 15 is 0 Å². The number of aromatic nitrogens is 1. The highest BCUT2D eigenvalue weighted by Gasteiger charge is 2.25. The Morgan fingerprint density at radius 3 is 2.71 bits per heavy atom. The van der Waals surface area contributed by atoms with Gasteiger partial charge in [0.1, 0.15) is 0 Å². The molecule has 0 unspecified atom stereocenters. The first-order valence-corrected chi connectivity index (χ1v) is 11.1. The maximum absolute atomic E-state index is 13.0. The van der Waals surface area contributed by atoms with E-state index in [2.05, 4.69) is 40.2 Å². The molecule has 2 aromatic heterocycles. The van der Waals surface area contributed by atoms with Crippen LogP contribution >= 0.6 is 11.3 Å². The molecule has 0 N–H and O–H groups in total. The van der Waals surface area contributed by atoms with Gasteiger partial charge in [0, 0.05) is 49.2 Å². The molecule has 1 saturated heterocycles. The lowest BCUT2D eigenvalue weighted by Gasteiger charge is -2.34. The first-order chi connectivity index (χ1) is 13.8. The zero-order valence-corrected chi connectivity index (χ0v) is 16.9. The zero-order chi connectivity index (χ0) is 18.9. The van der Waals surface area contributed by atoms with Gasteiger partial charge in [-0.3, -0.25) is 14.7 Å². The molecule has 1 fully saturated rings. The average molecular weight is 392 g/mol. The lowest BCUT2D eigenvalue weighted by Crippen LogP contribution is -2.48. The van der Waals surface area contributed by atoms with E-state index in [1.54, 1.807) is 11.3 Å². The predicted octanol–water partition coefficient (Wildman–Crippen LogP) is 4.13. The van der Waals surface area contributed by atoms with E-state index in [9.17, 15) is 4.79 Å². The molecule has 28 heavy (non-hydrogen) atoms. The summed E-state index contributed by atoms with van der Waals surface area (Å²) in [7, 11) is 0. The molecule has 0 radical (unpaired) electrons. The van der Waals surface area contributed by atoms with Gasteiger partial charge in [-0.15, -0.1) is 11.3 Å². The van der Waals surface area contributed by atoms with E-state index in [1.165, 1.54) is 34.2 Å². The molecular weight excluding hydrogens is 366 g/mol. The number of amides is 1. The Morgan fingerprint density at radius 1 is 1.04 bits per heavy atom. The molecule has 5 heteroatoms. The Bertz CT molecular complexity index is 975. The van der Waals surface area contributed by atoms with E-state index < -0.39 is 0 Å². The molecule has 3 aromatic rings. The number of fused-ring (bicyclic) bond motifs is 2. The summed E-state index contributed by atoms with van der Waals surface area (Å²) in [5.74, 6) is 0.228. The number of thiophene rings is 1. The van der Waals surface area contributed by atoms with Crippen molar-refractivity contribution in [3.8, 4) is 0 Å². The highest BCUT2D eigenvalue weighted by molar-refractivity contribution is 7.14. The molecule has 0 spiro atoms. The van der Waals surface area contributed by atoms with Crippen molar-refractivity contribution in [1.29, 1.82) is 0 Å². The lowest BCUT2D eigenvalue weighted by atomic mass is 9.99. The zero-order valence-electron chi connectivity index (χ0n) is 16.1. The van der Waals surface area contributed by atoms with Crippen LogP contribution < -0.4 is 0 Å². The smallest absolute Gasteiger partial charge is 0.264 e. The molecule has 1 aromatic carbocycles. The molecule has 0 saturated carbocycles. The van der Waals surface area contributed by atoms with E-state index in [0.29, 0.717) is 0 Å². The minimum absolute atomic E-state index is 0.228. The number of carbonyl (C=O) groups excluding carboxylic acids is 1. The Morgan fingerprint density at radius 2 is 1.86 bits per heavy atom. The van der Waals surface area contributed by atoms with Crippen molar-refractivity contribution in [3.63, 3.8) is 0 Å². The van der Waals surface area contributed by atoms with Crippen molar-refractivity contribution < 1.29 is 4.79 Å². The number of rotatable bonds is 3. The van der Waals surface area contributed by atoms with Crippen LogP contribution in [-0.2, 0) is 19.4 Å². The SMILES string of the molecule is O=C(c1cc2c(s1)CCCC2)N1CCN(Cc2cccc3cccnc23)CC1. The predicted molar refractivity (Wildman–Crippen MR) is 114 cm³/mol.